The molecule has 0 unspecified atom stereocenters. The fourth-order valence-electron chi connectivity index (χ4n) is 2.66. The summed E-state index contributed by atoms with van der Waals surface area (Å²) in [5.74, 6) is 0.467. The van der Waals surface area contributed by atoms with Gasteiger partial charge in [0.15, 0.2) is 0 Å². The van der Waals surface area contributed by atoms with Crippen LogP contribution in [0, 0.1) is 0 Å². The summed E-state index contributed by atoms with van der Waals surface area (Å²) in [6, 6.07) is 0. The summed E-state index contributed by atoms with van der Waals surface area (Å²) in [7, 11) is -0.948. The van der Waals surface area contributed by atoms with E-state index in [0.29, 0.717) is 5.92 Å². The zero-order chi connectivity index (χ0) is 16.1. The third kappa shape index (κ3) is 2.63. The number of aromatic nitrogens is 2. The minimum absolute atomic E-state index is 0.392. The standard InChI is InChI=1S/C16H24BFN2O2/c1-6-12-11(14(20-19-12)10-7-8-10)9-13(18)17-21-15(2,3)16(4,5)22-17/h9-10H,6-8H2,1-5H3,(H,19,20). The summed E-state index contributed by atoms with van der Waals surface area (Å²) in [4.78, 5) is 0. The van der Waals surface area contributed by atoms with Crippen LogP contribution in [0.5, 0.6) is 0 Å². The minimum atomic E-state index is -0.948. The Balaban J connectivity index is 1.88. The first-order valence-electron chi connectivity index (χ1n) is 8.05. The Morgan fingerprint density at radius 3 is 2.41 bits per heavy atom. The van der Waals surface area contributed by atoms with Crippen molar-refractivity contribution in [3.63, 3.8) is 0 Å². The van der Waals surface area contributed by atoms with Crippen molar-refractivity contribution in [3.8, 4) is 0 Å². The number of hydrogen-bond donors (Lipinski definition) is 1. The zero-order valence-electron chi connectivity index (χ0n) is 14.0. The molecule has 120 valence electrons. The third-order valence-corrected chi connectivity index (χ3v) is 4.99. The number of halogens is 1. The Bertz CT molecular complexity index is 589. The van der Waals surface area contributed by atoms with Crippen LogP contribution in [0.3, 0.4) is 0 Å². The van der Waals surface area contributed by atoms with Gasteiger partial charge in [0.2, 0.25) is 0 Å². The second-order valence-electron chi connectivity index (χ2n) is 7.25. The van der Waals surface area contributed by atoms with Crippen molar-refractivity contribution < 1.29 is 13.7 Å². The fraction of sp³-hybridized carbons (Fsp3) is 0.688. The molecule has 0 aromatic carbocycles. The normalized spacial score (nSPS) is 24.1. The smallest absolute Gasteiger partial charge is 0.398 e. The van der Waals surface area contributed by atoms with Crippen LogP contribution >= 0.6 is 0 Å². The molecule has 2 heterocycles. The van der Waals surface area contributed by atoms with Gasteiger partial charge in [0.25, 0.3) is 0 Å². The number of nitrogens with zero attached hydrogens (tertiary/aromatic N) is 1. The molecule has 0 amide bonds. The topological polar surface area (TPSA) is 47.1 Å². The van der Waals surface area contributed by atoms with E-state index in [0.717, 1.165) is 36.2 Å². The predicted molar refractivity (Wildman–Crippen MR) is 85.1 cm³/mol. The summed E-state index contributed by atoms with van der Waals surface area (Å²) in [6.07, 6.45) is 4.60. The molecule has 0 atom stereocenters. The number of H-pyrrole nitrogens is 1. The molecule has 1 saturated carbocycles. The van der Waals surface area contributed by atoms with Gasteiger partial charge in [-0.1, -0.05) is 6.92 Å². The first kappa shape index (κ1) is 15.7. The molecule has 22 heavy (non-hydrogen) atoms. The highest BCUT2D eigenvalue weighted by atomic mass is 19.1. The van der Waals surface area contributed by atoms with Crippen molar-refractivity contribution in [3.05, 3.63) is 22.7 Å². The minimum Gasteiger partial charge on any atom is -0.398 e. The summed E-state index contributed by atoms with van der Waals surface area (Å²) in [5, 5.41) is 7.40. The molecule has 1 aromatic heterocycles. The average molecular weight is 306 g/mol. The number of nitrogens with one attached hydrogen (secondary N) is 1. The lowest BCUT2D eigenvalue weighted by atomic mass is 9.86. The van der Waals surface area contributed by atoms with Crippen molar-refractivity contribution in [2.24, 2.45) is 0 Å². The van der Waals surface area contributed by atoms with Crippen LogP contribution in [-0.4, -0.2) is 28.5 Å². The van der Waals surface area contributed by atoms with Crippen molar-refractivity contribution in [1.29, 1.82) is 0 Å². The third-order valence-electron chi connectivity index (χ3n) is 4.99. The number of aryl methyl sites for hydroxylation is 1. The Hall–Kier alpha value is -1.14. The van der Waals surface area contributed by atoms with Crippen LogP contribution in [0.25, 0.3) is 6.08 Å². The monoisotopic (exact) mass is 306 g/mol. The lowest BCUT2D eigenvalue weighted by molar-refractivity contribution is 0.00578. The van der Waals surface area contributed by atoms with Crippen LogP contribution in [0.4, 0.5) is 4.39 Å². The molecule has 1 saturated heterocycles. The van der Waals surface area contributed by atoms with Crippen molar-refractivity contribution in [2.45, 2.75) is 71.0 Å². The molecule has 0 spiro atoms. The quantitative estimate of drug-likeness (QED) is 0.861. The van der Waals surface area contributed by atoms with Gasteiger partial charge in [-0.05, 0) is 53.0 Å². The van der Waals surface area contributed by atoms with E-state index in [4.69, 9.17) is 9.31 Å². The van der Waals surface area contributed by atoms with Crippen LogP contribution in [-0.2, 0) is 15.7 Å². The summed E-state index contributed by atoms with van der Waals surface area (Å²) >= 11 is 0. The fourth-order valence-corrected chi connectivity index (χ4v) is 2.66. The molecule has 2 aliphatic rings. The Labute approximate surface area is 131 Å². The summed E-state index contributed by atoms with van der Waals surface area (Å²) in [6.45, 7) is 9.72. The van der Waals surface area contributed by atoms with E-state index in [-0.39, 0.29) is 0 Å². The van der Waals surface area contributed by atoms with Crippen LogP contribution in [0.1, 0.15) is 70.3 Å². The largest absolute Gasteiger partial charge is 0.525 e. The van der Waals surface area contributed by atoms with Gasteiger partial charge in [-0.15, -0.1) is 0 Å². The molecule has 0 bridgehead atoms. The molecule has 3 rings (SSSR count). The molecule has 6 heteroatoms. The van der Waals surface area contributed by atoms with E-state index in [1.54, 1.807) is 0 Å². The first-order valence-corrected chi connectivity index (χ1v) is 8.05. The summed E-state index contributed by atoms with van der Waals surface area (Å²) < 4.78 is 26.2. The van der Waals surface area contributed by atoms with Gasteiger partial charge in [-0.2, -0.15) is 5.10 Å². The van der Waals surface area contributed by atoms with Gasteiger partial charge in [-0.25, -0.2) is 4.39 Å². The predicted octanol–water partition coefficient (Wildman–Crippen LogP) is 3.79. The lowest BCUT2D eigenvalue weighted by Crippen LogP contribution is -2.41. The van der Waals surface area contributed by atoms with Crippen molar-refractivity contribution >= 4 is 13.2 Å². The van der Waals surface area contributed by atoms with E-state index < -0.39 is 24.0 Å². The van der Waals surface area contributed by atoms with E-state index >= 15 is 0 Å². The van der Waals surface area contributed by atoms with Gasteiger partial charge in [0, 0.05) is 17.2 Å². The van der Waals surface area contributed by atoms with Crippen LogP contribution in [0.15, 0.2) is 5.73 Å². The Morgan fingerprint density at radius 2 is 1.91 bits per heavy atom. The zero-order valence-corrected chi connectivity index (χ0v) is 14.0. The molecule has 1 aromatic rings. The van der Waals surface area contributed by atoms with Gasteiger partial charge < -0.3 is 9.31 Å². The highest BCUT2D eigenvalue weighted by Crippen LogP contribution is 2.43. The molecule has 1 N–H and O–H groups in total. The van der Waals surface area contributed by atoms with E-state index in [1.807, 2.05) is 34.6 Å². The average Bonchev–Trinajstić information content (AvgIpc) is 3.14. The highest BCUT2D eigenvalue weighted by molar-refractivity contribution is 6.54. The maximum absolute atomic E-state index is 14.7. The van der Waals surface area contributed by atoms with Crippen LogP contribution < -0.4 is 0 Å². The molecule has 0 radical (unpaired) electrons. The maximum Gasteiger partial charge on any atom is 0.525 e. The van der Waals surface area contributed by atoms with E-state index in [9.17, 15) is 4.39 Å². The van der Waals surface area contributed by atoms with Crippen molar-refractivity contribution in [2.75, 3.05) is 0 Å². The van der Waals surface area contributed by atoms with Crippen LogP contribution in [0.2, 0.25) is 0 Å². The van der Waals surface area contributed by atoms with E-state index in [2.05, 4.69) is 10.2 Å². The first-order chi connectivity index (χ1) is 10.2. The maximum atomic E-state index is 14.7. The highest BCUT2D eigenvalue weighted by Gasteiger charge is 2.53. The molecule has 1 aliphatic carbocycles. The molecular weight excluding hydrogens is 282 g/mol. The van der Waals surface area contributed by atoms with Gasteiger partial charge in [0.1, 0.15) is 5.73 Å². The SMILES string of the molecule is CCc1[nH]nc(C2CC2)c1C=C(F)B1OC(C)(C)C(C)(C)O1. The second-order valence-corrected chi connectivity index (χ2v) is 7.25. The molecule has 1 aliphatic heterocycles. The van der Waals surface area contributed by atoms with Gasteiger partial charge in [0.05, 0.1) is 16.9 Å². The number of rotatable bonds is 4. The number of aromatic amines is 1. The molecule has 2 fully saturated rings. The van der Waals surface area contributed by atoms with Gasteiger partial charge >= 0.3 is 7.12 Å². The van der Waals surface area contributed by atoms with E-state index in [1.165, 1.54) is 6.08 Å². The lowest BCUT2D eigenvalue weighted by Gasteiger charge is -2.32. The van der Waals surface area contributed by atoms with Crippen molar-refractivity contribution in [1.82, 2.24) is 10.2 Å². The summed E-state index contributed by atoms with van der Waals surface area (Å²) in [5.41, 5.74) is 1.35. The molecule has 4 nitrogen and oxygen atoms in total. The van der Waals surface area contributed by atoms with Gasteiger partial charge in [-0.3, -0.25) is 5.10 Å². The Kier molecular flexibility index (Phi) is 3.72. The second kappa shape index (κ2) is 5.20. The Morgan fingerprint density at radius 1 is 1.32 bits per heavy atom. The molecular formula is C16H24BFN2O2. The number of hydrogen-bond acceptors (Lipinski definition) is 3.